The maximum atomic E-state index is 13.6. The lowest BCUT2D eigenvalue weighted by molar-refractivity contribution is -0.118. The second kappa shape index (κ2) is 7.43. The van der Waals surface area contributed by atoms with E-state index in [4.69, 9.17) is 27.9 Å². The number of pyridine rings is 1. The molecule has 0 radical (unpaired) electrons. The molecule has 0 fully saturated rings. The molecule has 1 heterocycles. The molecular weight excluding hydrogens is 385 g/mol. The van der Waals surface area contributed by atoms with Crippen LogP contribution in [0.5, 0.6) is 5.75 Å². The number of nitrogens with zero attached hydrogens (tertiary/aromatic N) is 1. The molecule has 0 saturated carbocycles. The fraction of sp³-hybridized carbons (Fsp3) is 0.111. The number of halogens is 4. The molecule has 134 valence electrons. The van der Waals surface area contributed by atoms with E-state index >= 15 is 0 Å². The van der Waals surface area contributed by atoms with Crippen LogP contribution in [0.2, 0.25) is 10.0 Å². The normalized spacial score (nSPS) is 10.8. The predicted octanol–water partition coefficient (Wildman–Crippen LogP) is 5.15. The third-order valence-electron chi connectivity index (χ3n) is 3.55. The van der Waals surface area contributed by atoms with Gasteiger partial charge in [-0.2, -0.15) is 0 Å². The summed E-state index contributed by atoms with van der Waals surface area (Å²) in [6.45, 7) is 1.27. The largest absolute Gasteiger partial charge is 0.480 e. The Morgan fingerprint density at radius 3 is 2.54 bits per heavy atom. The quantitative estimate of drug-likeness (QED) is 0.663. The summed E-state index contributed by atoms with van der Waals surface area (Å²) >= 11 is 12.3. The highest BCUT2D eigenvalue weighted by Crippen LogP contribution is 2.37. The summed E-state index contributed by atoms with van der Waals surface area (Å²) in [6.07, 6.45) is 0. The number of hydrogen-bond donors (Lipinski definition) is 1. The topological polar surface area (TPSA) is 51.2 Å². The second-order valence-electron chi connectivity index (χ2n) is 5.45. The molecule has 0 spiro atoms. The van der Waals surface area contributed by atoms with E-state index in [1.807, 2.05) is 0 Å². The Hall–Kier alpha value is -2.44. The van der Waals surface area contributed by atoms with Gasteiger partial charge in [0.25, 0.3) is 5.91 Å². The van der Waals surface area contributed by atoms with Gasteiger partial charge in [0.1, 0.15) is 22.8 Å². The summed E-state index contributed by atoms with van der Waals surface area (Å²) in [5, 5.41) is 3.31. The monoisotopic (exact) mass is 396 g/mol. The van der Waals surface area contributed by atoms with Crippen molar-refractivity contribution in [3.8, 4) is 5.75 Å². The van der Waals surface area contributed by atoms with E-state index in [-0.39, 0.29) is 10.8 Å². The lowest BCUT2D eigenvalue weighted by Crippen LogP contribution is -2.21. The maximum Gasteiger partial charge on any atom is 0.262 e. The van der Waals surface area contributed by atoms with Gasteiger partial charge in [-0.15, -0.1) is 0 Å². The minimum absolute atomic E-state index is 0.166. The van der Waals surface area contributed by atoms with Crippen molar-refractivity contribution in [3.63, 3.8) is 0 Å². The molecular formula is C18H12Cl2F2N2O2. The molecule has 0 atom stereocenters. The number of fused-ring (bicyclic) bond motifs is 1. The molecule has 8 heteroatoms. The number of carbonyl (C=O) groups excluding carboxylic acids is 1. The number of para-hydroxylation sites is 1. The van der Waals surface area contributed by atoms with Crippen molar-refractivity contribution in [1.29, 1.82) is 0 Å². The van der Waals surface area contributed by atoms with E-state index in [0.717, 1.165) is 12.1 Å². The number of amides is 1. The van der Waals surface area contributed by atoms with E-state index in [0.29, 0.717) is 21.6 Å². The minimum atomic E-state index is -0.884. The molecule has 26 heavy (non-hydrogen) atoms. The van der Waals surface area contributed by atoms with Crippen molar-refractivity contribution < 1.29 is 18.3 Å². The lowest BCUT2D eigenvalue weighted by atomic mass is 10.2. The Balaban J connectivity index is 1.84. The molecule has 3 aromatic rings. The zero-order valence-corrected chi connectivity index (χ0v) is 15.0. The number of aromatic nitrogens is 1. The number of ether oxygens (including phenoxy) is 1. The number of benzene rings is 2. The molecule has 0 unspecified atom stereocenters. The fourth-order valence-corrected chi connectivity index (χ4v) is 2.93. The maximum absolute atomic E-state index is 13.6. The fourth-order valence-electron chi connectivity index (χ4n) is 2.36. The highest BCUT2D eigenvalue weighted by atomic mass is 35.5. The van der Waals surface area contributed by atoms with Gasteiger partial charge in [0, 0.05) is 11.1 Å². The Morgan fingerprint density at radius 2 is 1.85 bits per heavy atom. The molecule has 0 aliphatic rings. The van der Waals surface area contributed by atoms with Gasteiger partial charge in [-0.1, -0.05) is 29.3 Å². The molecule has 1 amide bonds. The Kier molecular flexibility index (Phi) is 5.25. The van der Waals surface area contributed by atoms with Crippen LogP contribution >= 0.6 is 23.2 Å². The van der Waals surface area contributed by atoms with Crippen LogP contribution in [0.1, 0.15) is 5.69 Å². The van der Waals surface area contributed by atoms with Gasteiger partial charge in [0.05, 0.1) is 10.0 Å². The Labute approximate surface area is 157 Å². The molecule has 0 bridgehead atoms. The van der Waals surface area contributed by atoms with Gasteiger partial charge in [-0.3, -0.25) is 4.79 Å². The first-order chi connectivity index (χ1) is 12.4. The first-order valence-electron chi connectivity index (χ1n) is 7.49. The Morgan fingerprint density at radius 1 is 1.15 bits per heavy atom. The van der Waals surface area contributed by atoms with Crippen molar-refractivity contribution in [2.45, 2.75) is 6.92 Å². The van der Waals surface area contributed by atoms with Crippen molar-refractivity contribution in [2.75, 3.05) is 11.9 Å². The summed E-state index contributed by atoms with van der Waals surface area (Å²) in [6, 6.07) is 8.29. The number of anilines is 1. The zero-order chi connectivity index (χ0) is 18.8. The molecule has 3 rings (SSSR count). The molecule has 0 aliphatic carbocycles. The predicted molar refractivity (Wildman–Crippen MR) is 97.0 cm³/mol. The van der Waals surface area contributed by atoms with Crippen LogP contribution in [0.4, 0.5) is 14.5 Å². The minimum Gasteiger partial charge on any atom is -0.480 e. The van der Waals surface area contributed by atoms with Crippen LogP contribution in [-0.2, 0) is 4.79 Å². The molecule has 0 aliphatic heterocycles. The summed E-state index contributed by atoms with van der Waals surface area (Å²) in [5.74, 6) is -2.35. The highest BCUT2D eigenvalue weighted by Gasteiger charge is 2.16. The van der Waals surface area contributed by atoms with Crippen LogP contribution in [-0.4, -0.2) is 17.5 Å². The lowest BCUT2D eigenvalue weighted by Gasteiger charge is -2.13. The number of aryl methyl sites for hydroxylation is 1. The molecule has 0 saturated heterocycles. The number of rotatable bonds is 4. The Bertz CT molecular complexity index is 992. The third-order valence-corrected chi connectivity index (χ3v) is 4.15. The van der Waals surface area contributed by atoms with Gasteiger partial charge >= 0.3 is 0 Å². The molecule has 1 aromatic heterocycles. The van der Waals surface area contributed by atoms with E-state index < -0.39 is 29.8 Å². The van der Waals surface area contributed by atoms with E-state index in [9.17, 15) is 13.6 Å². The first kappa shape index (κ1) is 18.4. The zero-order valence-electron chi connectivity index (χ0n) is 13.4. The molecule has 4 nitrogen and oxygen atoms in total. The molecule has 1 N–H and O–H groups in total. The van der Waals surface area contributed by atoms with Gasteiger partial charge in [-0.05, 0) is 37.3 Å². The average Bonchev–Trinajstić information content (AvgIpc) is 2.57. The van der Waals surface area contributed by atoms with Crippen molar-refractivity contribution >= 4 is 45.7 Å². The van der Waals surface area contributed by atoms with E-state index in [1.54, 1.807) is 19.1 Å². The second-order valence-corrected chi connectivity index (χ2v) is 6.27. The van der Waals surface area contributed by atoms with Crippen LogP contribution in [0.25, 0.3) is 10.9 Å². The number of carbonyl (C=O) groups is 1. The van der Waals surface area contributed by atoms with Crippen molar-refractivity contribution in [2.24, 2.45) is 0 Å². The summed E-state index contributed by atoms with van der Waals surface area (Å²) in [5.41, 5.74) is 0.563. The standard InChI is InChI=1S/C18H12Cl2F2N2O2/c1-9-5-6-10-11(19)7-12(20)18(16(10)23-9)26-8-15(25)24-17-13(21)3-2-4-14(17)22/h2-7H,8H2,1H3,(H,24,25). The molecule has 2 aromatic carbocycles. The number of hydrogen-bond acceptors (Lipinski definition) is 3. The summed E-state index contributed by atoms with van der Waals surface area (Å²) < 4.78 is 32.7. The van der Waals surface area contributed by atoms with Crippen molar-refractivity contribution in [1.82, 2.24) is 4.98 Å². The van der Waals surface area contributed by atoms with Crippen LogP contribution in [0.3, 0.4) is 0 Å². The van der Waals surface area contributed by atoms with Gasteiger partial charge < -0.3 is 10.1 Å². The van der Waals surface area contributed by atoms with Crippen LogP contribution < -0.4 is 10.1 Å². The van der Waals surface area contributed by atoms with E-state index in [2.05, 4.69) is 10.3 Å². The SMILES string of the molecule is Cc1ccc2c(Cl)cc(Cl)c(OCC(=O)Nc3c(F)cccc3F)c2n1. The van der Waals surface area contributed by atoms with Gasteiger partial charge in [0.2, 0.25) is 0 Å². The third kappa shape index (κ3) is 3.71. The smallest absolute Gasteiger partial charge is 0.262 e. The van der Waals surface area contributed by atoms with Crippen LogP contribution in [0, 0.1) is 18.6 Å². The van der Waals surface area contributed by atoms with E-state index in [1.165, 1.54) is 12.1 Å². The van der Waals surface area contributed by atoms with Gasteiger partial charge in [0.15, 0.2) is 12.4 Å². The number of nitrogens with one attached hydrogen (secondary N) is 1. The average molecular weight is 397 g/mol. The van der Waals surface area contributed by atoms with Crippen molar-refractivity contribution in [3.05, 3.63) is 63.8 Å². The summed E-state index contributed by atoms with van der Waals surface area (Å²) in [4.78, 5) is 16.4. The van der Waals surface area contributed by atoms with Crippen LogP contribution in [0.15, 0.2) is 36.4 Å². The summed E-state index contributed by atoms with van der Waals surface area (Å²) in [7, 11) is 0. The van der Waals surface area contributed by atoms with Gasteiger partial charge in [-0.25, -0.2) is 13.8 Å². The first-order valence-corrected chi connectivity index (χ1v) is 8.24. The highest BCUT2D eigenvalue weighted by molar-refractivity contribution is 6.39.